The first-order chi connectivity index (χ1) is 12.1. The molecule has 0 atom stereocenters. The summed E-state index contributed by atoms with van der Waals surface area (Å²) in [5.74, 6) is 0.865. The Morgan fingerprint density at radius 3 is 2.56 bits per heavy atom. The van der Waals surface area contributed by atoms with Gasteiger partial charge in [-0.1, -0.05) is 23.7 Å². The van der Waals surface area contributed by atoms with E-state index in [9.17, 15) is 10.1 Å². The summed E-state index contributed by atoms with van der Waals surface area (Å²) in [6.45, 7) is 0. The minimum atomic E-state index is -0.530. The molecule has 0 saturated heterocycles. The van der Waals surface area contributed by atoms with Crippen LogP contribution in [0.3, 0.4) is 0 Å². The standard InChI is InChI=1S/C18H13ClN4O2/c1-25-12-8-6-11(7-9-12)16-13(10-20)17(24)23-18(22-16)21-15-5-3-2-4-14(15)19/h2-9H,1H3,(H2,21,22,23,24). The number of methoxy groups -OCH3 is 1. The van der Waals surface area contributed by atoms with Crippen LogP contribution in [0.4, 0.5) is 11.6 Å². The molecule has 2 aromatic carbocycles. The van der Waals surface area contributed by atoms with Crippen LogP contribution in [0.15, 0.2) is 53.3 Å². The molecule has 7 heteroatoms. The van der Waals surface area contributed by atoms with E-state index < -0.39 is 5.56 Å². The van der Waals surface area contributed by atoms with Crippen molar-refractivity contribution in [3.05, 3.63) is 69.5 Å². The van der Waals surface area contributed by atoms with Crippen molar-refractivity contribution >= 4 is 23.2 Å². The molecule has 1 heterocycles. The molecule has 3 aromatic rings. The van der Waals surface area contributed by atoms with E-state index in [0.717, 1.165) is 0 Å². The molecule has 0 aliphatic rings. The molecule has 124 valence electrons. The highest BCUT2D eigenvalue weighted by atomic mass is 35.5. The van der Waals surface area contributed by atoms with E-state index in [1.807, 2.05) is 6.07 Å². The van der Waals surface area contributed by atoms with Crippen LogP contribution >= 0.6 is 11.6 Å². The highest BCUT2D eigenvalue weighted by Crippen LogP contribution is 2.26. The third-order valence-corrected chi connectivity index (χ3v) is 3.85. The topological polar surface area (TPSA) is 90.8 Å². The predicted octanol–water partition coefficient (Wildman–Crippen LogP) is 3.71. The van der Waals surface area contributed by atoms with Gasteiger partial charge in [0.15, 0.2) is 0 Å². The molecule has 0 spiro atoms. The van der Waals surface area contributed by atoms with Gasteiger partial charge < -0.3 is 10.1 Å². The fraction of sp³-hybridized carbons (Fsp3) is 0.0556. The summed E-state index contributed by atoms with van der Waals surface area (Å²) in [5, 5.41) is 12.8. The quantitative estimate of drug-likeness (QED) is 0.746. The van der Waals surface area contributed by atoms with Crippen molar-refractivity contribution in [2.75, 3.05) is 12.4 Å². The Hall–Kier alpha value is -3.30. The van der Waals surface area contributed by atoms with Crippen LogP contribution in [0.25, 0.3) is 11.3 Å². The largest absolute Gasteiger partial charge is 0.497 e. The van der Waals surface area contributed by atoms with Gasteiger partial charge in [-0.2, -0.15) is 5.26 Å². The van der Waals surface area contributed by atoms with Gasteiger partial charge in [-0.25, -0.2) is 4.98 Å². The average Bonchev–Trinajstić information content (AvgIpc) is 2.63. The number of anilines is 2. The van der Waals surface area contributed by atoms with Gasteiger partial charge in [-0.15, -0.1) is 0 Å². The molecule has 0 bridgehead atoms. The zero-order chi connectivity index (χ0) is 17.8. The molecular formula is C18H13ClN4O2. The fourth-order valence-electron chi connectivity index (χ4n) is 2.28. The Labute approximate surface area is 148 Å². The highest BCUT2D eigenvalue weighted by Gasteiger charge is 2.14. The Kier molecular flexibility index (Phi) is 4.68. The minimum Gasteiger partial charge on any atom is -0.497 e. The second kappa shape index (κ2) is 7.07. The maximum atomic E-state index is 12.2. The normalized spacial score (nSPS) is 10.1. The maximum Gasteiger partial charge on any atom is 0.270 e. The van der Waals surface area contributed by atoms with E-state index in [1.165, 1.54) is 0 Å². The van der Waals surface area contributed by atoms with Crippen LogP contribution < -0.4 is 15.6 Å². The van der Waals surface area contributed by atoms with Crippen molar-refractivity contribution < 1.29 is 4.74 Å². The molecule has 0 saturated carbocycles. The van der Waals surface area contributed by atoms with Crippen molar-refractivity contribution in [3.8, 4) is 23.1 Å². The number of para-hydroxylation sites is 1. The summed E-state index contributed by atoms with van der Waals surface area (Å²) in [6, 6.07) is 15.9. The number of benzene rings is 2. The summed E-state index contributed by atoms with van der Waals surface area (Å²) in [4.78, 5) is 19.2. The number of halogens is 1. The molecule has 0 amide bonds. The van der Waals surface area contributed by atoms with Crippen LogP contribution in [-0.2, 0) is 0 Å². The van der Waals surface area contributed by atoms with Crippen LogP contribution in [0.2, 0.25) is 5.02 Å². The van der Waals surface area contributed by atoms with Crippen molar-refractivity contribution in [2.45, 2.75) is 0 Å². The summed E-state index contributed by atoms with van der Waals surface area (Å²) in [5.41, 5.74) is 0.916. The summed E-state index contributed by atoms with van der Waals surface area (Å²) in [7, 11) is 1.56. The van der Waals surface area contributed by atoms with Gasteiger partial charge in [0, 0.05) is 5.56 Å². The van der Waals surface area contributed by atoms with Gasteiger partial charge in [-0.05, 0) is 36.4 Å². The number of hydrogen-bond acceptors (Lipinski definition) is 5. The SMILES string of the molecule is COc1ccc(-c2nc(Nc3ccccc3Cl)[nH]c(=O)c2C#N)cc1. The second-order valence-electron chi connectivity index (χ2n) is 5.08. The minimum absolute atomic E-state index is 0.0603. The van der Waals surface area contributed by atoms with Crippen LogP contribution in [0.1, 0.15) is 5.56 Å². The Morgan fingerprint density at radius 1 is 1.20 bits per heavy atom. The molecule has 6 nitrogen and oxygen atoms in total. The first-order valence-corrected chi connectivity index (χ1v) is 7.70. The lowest BCUT2D eigenvalue weighted by atomic mass is 10.1. The average molecular weight is 353 g/mol. The molecule has 2 N–H and O–H groups in total. The number of nitrogens with zero attached hydrogens (tertiary/aromatic N) is 2. The number of rotatable bonds is 4. The number of nitrogens with one attached hydrogen (secondary N) is 2. The lowest BCUT2D eigenvalue weighted by Crippen LogP contribution is -2.16. The van der Waals surface area contributed by atoms with E-state index in [-0.39, 0.29) is 17.2 Å². The number of H-pyrrole nitrogens is 1. The number of hydrogen-bond donors (Lipinski definition) is 2. The summed E-state index contributed by atoms with van der Waals surface area (Å²) >= 11 is 6.11. The van der Waals surface area contributed by atoms with Crippen molar-refractivity contribution in [3.63, 3.8) is 0 Å². The summed E-state index contributed by atoms with van der Waals surface area (Å²) < 4.78 is 5.12. The molecule has 0 radical (unpaired) electrons. The molecule has 0 fully saturated rings. The lowest BCUT2D eigenvalue weighted by molar-refractivity contribution is 0.415. The molecule has 25 heavy (non-hydrogen) atoms. The van der Waals surface area contributed by atoms with Crippen LogP contribution in [-0.4, -0.2) is 17.1 Å². The third kappa shape index (κ3) is 3.47. The first-order valence-electron chi connectivity index (χ1n) is 7.33. The zero-order valence-electron chi connectivity index (χ0n) is 13.2. The van der Waals surface area contributed by atoms with Gasteiger partial charge in [0.1, 0.15) is 17.4 Å². The zero-order valence-corrected chi connectivity index (χ0v) is 14.0. The Morgan fingerprint density at radius 2 is 1.92 bits per heavy atom. The second-order valence-corrected chi connectivity index (χ2v) is 5.49. The van der Waals surface area contributed by atoms with E-state index in [2.05, 4.69) is 15.3 Å². The molecule has 0 unspecified atom stereocenters. The van der Waals surface area contributed by atoms with E-state index in [1.54, 1.807) is 55.6 Å². The molecule has 0 aliphatic heterocycles. The smallest absolute Gasteiger partial charge is 0.270 e. The van der Waals surface area contributed by atoms with E-state index in [0.29, 0.717) is 22.0 Å². The monoisotopic (exact) mass is 352 g/mol. The first kappa shape index (κ1) is 16.6. The highest BCUT2D eigenvalue weighted by molar-refractivity contribution is 6.33. The molecule has 1 aromatic heterocycles. The molecule has 0 aliphatic carbocycles. The van der Waals surface area contributed by atoms with Gasteiger partial charge in [-0.3, -0.25) is 9.78 Å². The third-order valence-electron chi connectivity index (χ3n) is 3.52. The molecule has 3 rings (SSSR count). The van der Waals surface area contributed by atoms with Gasteiger partial charge in [0.2, 0.25) is 5.95 Å². The maximum absolute atomic E-state index is 12.2. The lowest BCUT2D eigenvalue weighted by Gasteiger charge is -2.10. The molecular weight excluding hydrogens is 340 g/mol. The number of ether oxygens (including phenoxy) is 1. The number of aromatic nitrogens is 2. The van der Waals surface area contributed by atoms with Crippen LogP contribution in [0, 0.1) is 11.3 Å². The van der Waals surface area contributed by atoms with E-state index in [4.69, 9.17) is 16.3 Å². The number of aromatic amines is 1. The Bertz CT molecular complexity index is 1010. The van der Waals surface area contributed by atoms with E-state index >= 15 is 0 Å². The van der Waals surface area contributed by atoms with Crippen molar-refractivity contribution in [1.82, 2.24) is 9.97 Å². The summed E-state index contributed by atoms with van der Waals surface area (Å²) in [6.07, 6.45) is 0. The van der Waals surface area contributed by atoms with Gasteiger partial charge >= 0.3 is 0 Å². The van der Waals surface area contributed by atoms with Gasteiger partial charge in [0.25, 0.3) is 5.56 Å². The Balaban J connectivity index is 2.08. The fourth-order valence-corrected chi connectivity index (χ4v) is 2.47. The van der Waals surface area contributed by atoms with Crippen LogP contribution in [0.5, 0.6) is 5.75 Å². The predicted molar refractivity (Wildman–Crippen MR) is 96.3 cm³/mol. The van der Waals surface area contributed by atoms with Crippen molar-refractivity contribution in [2.24, 2.45) is 0 Å². The van der Waals surface area contributed by atoms with Gasteiger partial charge in [0.05, 0.1) is 23.5 Å². The number of nitriles is 1. The van der Waals surface area contributed by atoms with Crippen molar-refractivity contribution in [1.29, 1.82) is 5.26 Å².